The highest BCUT2D eigenvalue weighted by molar-refractivity contribution is 6.31. The number of oxazole rings is 1. The van der Waals surface area contributed by atoms with E-state index in [1.165, 1.54) is 18.6 Å². The Balaban J connectivity index is 1.76. The van der Waals surface area contributed by atoms with Crippen molar-refractivity contribution in [2.24, 2.45) is 5.92 Å². The minimum absolute atomic E-state index is 0.0855. The van der Waals surface area contributed by atoms with Crippen LogP contribution in [0.2, 0.25) is 5.02 Å². The molecular weight excluding hydrogens is 255 g/mol. The van der Waals surface area contributed by atoms with Crippen LogP contribution in [0.4, 0.5) is 4.39 Å². The molecule has 0 aliphatic carbocycles. The van der Waals surface area contributed by atoms with Crippen LogP contribution in [0.25, 0.3) is 11.1 Å². The summed E-state index contributed by atoms with van der Waals surface area (Å²) in [6.07, 6.45) is 3.05. The van der Waals surface area contributed by atoms with Crippen LogP contribution >= 0.6 is 11.6 Å². The molecule has 1 aromatic carbocycles. The Morgan fingerprint density at radius 1 is 1.50 bits per heavy atom. The molecule has 1 aromatic heterocycles. The van der Waals surface area contributed by atoms with Gasteiger partial charge in [0.25, 0.3) is 0 Å². The molecule has 18 heavy (non-hydrogen) atoms. The highest BCUT2D eigenvalue weighted by Gasteiger charge is 2.16. The quantitative estimate of drug-likeness (QED) is 0.929. The molecule has 3 nitrogen and oxygen atoms in total. The third kappa shape index (κ3) is 2.35. The van der Waals surface area contributed by atoms with E-state index in [9.17, 15) is 4.39 Å². The second kappa shape index (κ2) is 4.86. The van der Waals surface area contributed by atoms with Gasteiger partial charge in [0.15, 0.2) is 11.5 Å². The fraction of sp³-hybridized carbons (Fsp3) is 0.462. The molecule has 1 fully saturated rings. The summed E-state index contributed by atoms with van der Waals surface area (Å²) in [4.78, 5) is 4.34. The smallest absolute Gasteiger partial charge is 0.195 e. The molecule has 3 rings (SSSR count). The van der Waals surface area contributed by atoms with Crippen LogP contribution in [0, 0.1) is 11.7 Å². The Morgan fingerprint density at radius 3 is 3.17 bits per heavy atom. The van der Waals surface area contributed by atoms with Gasteiger partial charge in [0, 0.05) is 12.5 Å². The van der Waals surface area contributed by atoms with Gasteiger partial charge in [0.05, 0.1) is 5.02 Å². The Labute approximate surface area is 109 Å². The van der Waals surface area contributed by atoms with Gasteiger partial charge in [-0.2, -0.15) is 0 Å². The van der Waals surface area contributed by atoms with Gasteiger partial charge in [0.1, 0.15) is 11.3 Å². The molecule has 0 saturated carbocycles. The molecule has 0 spiro atoms. The van der Waals surface area contributed by atoms with Crippen LogP contribution in [-0.4, -0.2) is 18.1 Å². The molecule has 1 unspecified atom stereocenters. The number of fused-ring (bicyclic) bond motifs is 1. The van der Waals surface area contributed by atoms with Crippen molar-refractivity contribution in [2.75, 3.05) is 13.1 Å². The van der Waals surface area contributed by atoms with Crippen molar-refractivity contribution in [3.63, 3.8) is 0 Å². The van der Waals surface area contributed by atoms with Crippen LogP contribution < -0.4 is 5.32 Å². The van der Waals surface area contributed by atoms with E-state index in [4.69, 9.17) is 16.0 Å². The summed E-state index contributed by atoms with van der Waals surface area (Å²) >= 11 is 5.71. The molecule has 1 aliphatic rings. The molecular formula is C13H14ClFN2O. The van der Waals surface area contributed by atoms with Crippen molar-refractivity contribution < 1.29 is 8.81 Å². The summed E-state index contributed by atoms with van der Waals surface area (Å²) < 4.78 is 18.8. The largest absolute Gasteiger partial charge is 0.441 e. The van der Waals surface area contributed by atoms with E-state index in [1.807, 2.05) is 0 Å². The highest BCUT2D eigenvalue weighted by atomic mass is 35.5. The maximum Gasteiger partial charge on any atom is 0.195 e. The monoisotopic (exact) mass is 268 g/mol. The number of aromatic nitrogens is 1. The number of nitrogens with one attached hydrogen (secondary N) is 1. The molecule has 0 radical (unpaired) electrons. The number of benzene rings is 1. The first-order valence-electron chi connectivity index (χ1n) is 6.17. The fourth-order valence-corrected chi connectivity index (χ4v) is 2.52. The van der Waals surface area contributed by atoms with Crippen LogP contribution in [0.15, 0.2) is 16.5 Å². The standard InChI is InChI=1S/C13H14ClFN2O/c14-9-5-11-12(6-10(9)15)18-13(17-11)2-1-8-3-4-16-7-8/h5-6,8,16H,1-4,7H2. The number of hydrogen-bond acceptors (Lipinski definition) is 3. The number of rotatable bonds is 3. The minimum atomic E-state index is -0.466. The van der Waals surface area contributed by atoms with Gasteiger partial charge in [-0.25, -0.2) is 9.37 Å². The van der Waals surface area contributed by atoms with Gasteiger partial charge in [-0.3, -0.25) is 0 Å². The molecule has 1 aliphatic heterocycles. The lowest BCUT2D eigenvalue weighted by atomic mass is 10.0. The molecule has 2 aromatic rings. The minimum Gasteiger partial charge on any atom is -0.441 e. The zero-order chi connectivity index (χ0) is 12.5. The van der Waals surface area contributed by atoms with Crippen molar-refractivity contribution >= 4 is 22.7 Å². The van der Waals surface area contributed by atoms with Crippen LogP contribution in [0.1, 0.15) is 18.7 Å². The summed E-state index contributed by atoms with van der Waals surface area (Å²) in [6.45, 7) is 2.17. The number of halogens is 2. The van der Waals surface area contributed by atoms with Gasteiger partial charge < -0.3 is 9.73 Å². The SMILES string of the molecule is Fc1cc2oc(CCC3CCNC3)nc2cc1Cl. The van der Waals surface area contributed by atoms with Crippen molar-refractivity contribution in [2.45, 2.75) is 19.3 Å². The average Bonchev–Trinajstić information content (AvgIpc) is 2.96. The Kier molecular flexibility index (Phi) is 3.22. The van der Waals surface area contributed by atoms with E-state index in [0.29, 0.717) is 22.9 Å². The first kappa shape index (κ1) is 11.9. The second-order valence-electron chi connectivity index (χ2n) is 4.74. The molecule has 96 valence electrons. The Bertz CT molecular complexity index is 524. The van der Waals surface area contributed by atoms with Gasteiger partial charge in [-0.1, -0.05) is 11.6 Å². The van der Waals surface area contributed by atoms with Gasteiger partial charge in [-0.05, 0) is 37.9 Å². The first-order valence-corrected chi connectivity index (χ1v) is 6.55. The lowest BCUT2D eigenvalue weighted by Crippen LogP contribution is -2.09. The van der Waals surface area contributed by atoms with Crippen molar-refractivity contribution in [3.05, 3.63) is 28.9 Å². The molecule has 0 amide bonds. The Morgan fingerprint density at radius 2 is 2.39 bits per heavy atom. The van der Waals surface area contributed by atoms with Crippen LogP contribution in [0.5, 0.6) is 0 Å². The molecule has 0 bridgehead atoms. The first-order chi connectivity index (χ1) is 8.72. The summed E-state index contributed by atoms with van der Waals surface area (Å²) in [6, 6.07) is 2.81. The van der Waals surface area contributed by atoms with Gasteiger partial charge >= 0.3 is 0 Å². The lowest BCUT2D eigenvalue weighted by Gasteiger charge is -2.04. The molecule has 2 heterocycles. The summed E-state index contributed by atoms with van der Waals surface area (Å²) in [5, 5.41) is 3.42. The Hall–Kier alpha value is -1.13. The average molecular weight is 269 g/mol. The number of aryl methyl sites for hydroxylation is 1. The van der Waals surface area contributed by atoms with Crippen molar-refractivity contribution in [1.82, 2.24) is 10.3 Å². The zero-order valence-corrected chi connectivity index (χ0v) is 10.6. The van der Waals surface area contributed by atoms with E-state index in [-0.39, 0.29) is 5.02 Å². The predicted octanol–water partition coefficient (Wildman–Crippen LogP) is 3.16. The molecule has 1 saturated heterocycles. The van der Waals surface area contributed by atoms with E-state index >= 15 is 0 Å². The van der Waals surface area contributed by atoms with Crippen LogP contribution in [-0.2, 0) is 6.42 Å². The van der Waals surface area contributed by atoms with Gasteiger partial charge in [-0.15, -0.1) is 0 Å². The van der Waals surface area contributed by atoms with Crippen molar-refractivity contribution in [3.8, 4) is 0 Å². The highest BCUT2D eigenvalue weighted by Crippen LogP contribution is 2.24. The van der Waals surface area contributed by atoms with E-state index < -0.39 is 5.82 Å². The summed E-state index contributed by atoms with van der Waals surface area (Å²) in [5.41, 5.74) is 1.09. The topological polar surface area (TPSA) is 38.1 Å². The number of nitrogens with zero attached hydrogens (tertiary/aromatic N) is 1. The van der Waals surface area contributed by atoms with Crippen LogP contribution in [0.3, 0.4) is 0 Å². The second-order valence-corrected chi connectivity index (χ2v) is 5.15. The third-order valence-electron chi connectivity index (χ3n) is 3.40. The zero-order valence-electron chi connectivity index (χ0n) is 9.88. The maximum atomic E-state index is 13.3. The third-order valence-corrected chi connectivity index (χ3v) is 3.69. The summed E-state index contributed by atoms with van der Waals surface area (Å²) in [7, 11) is 0. The van der Waals surface area contributed by atoms with Crippen molar-refractivity contribution in [1.29, 1.82) is 0 Å². The molecule has 1 N–H and O–H groups in total. The van der Waals surface area contributed by atoms with E-state index in [0.717, 1.165) is 25.9 Å². The summed E-state index contributed by atoms with van der Waals surface area (Å²) in [5.74, 6) is 0.894. The normalized spacial score (nSPS) is 19.8. The predicted molar refractivity (Wildman–Crippen MR) is 68.3 cm³/mol. The lowest BCUT2D eigenvalue weighted by molar-refractivity contribution is 0.465. The van der Waals surface area contributed by atoms with Gasteiger partial charge in [0.2, 0.25) is 0 Å². The van der Waals surface area contributed by atoms with E-state index in [1.54, 1.807) is 0 Å². The molecule has 1 atom stereocenters. The fourth-order valence-electron chi connectivity index (χ4n) is 2.37. The number of hydrogen-bond donors (Lipinski definition) is 1. The van der Waals surface area contributed by atoms with E-state index in [2.05, 4.69) is 10.3 Å². The molecule has 5 heteroatoms. The maximum absolute atomic E-state index is 13.3.